The summed E-state index contributed by atoms with van der Waals surface area (Å²) in [7, 11) is 0. The number of alkyl halides is 1. The molecule has 2 fully saturated rings. The highest BCUT2D eigenvalue weighted by atomic mass is 19.1. The van der Waals surface area contributed by atoms with Gasteiger partial charge in [-0.25, -0.2) is 4.39 Å². The number of carbonyl (C=O) groups is 1. The zero-order valence-electron chi connectivity index (χ0n) is 9.04. The fraction of sp³-hybridized carbons (Fsp3) is 0.909. The monoisotopic (exact) mass is 214 g/mol. The molecule has 1 N–H and O–H groups in total. The molecule has 0 aromatic rings. The highest BCUT2D eigenvalue weighted by molar-refractivity contribution is 5.79. The van der Waals surface area contributed by atoms with Gasteiger partial charge in [-0.15, -0.1) is 0 Å². The molecule has 2 atom stereocenters. The molecule has 0 spiro atoms. The predicted octanol–water partition coefficient (Wildman–Crippen LogP) is 0.946. The lowest BCUT2D eigenvalue weighted by Gasteiger charge is -2.33. The van der Waals surface area contributed by atoms with Crippen molar-refractivity contribution in [2.75, 3.05) is 26.2 Å². The van der Waals surface area contributed by atoms with E-state index in [9.17, 15) is 9.18 Å². The summed E-state index contributed by atoms with van der Waals surface area (Å²) >= 11 is 0. The average molecular weight is 214 g/mol. The van der Waals surface area contributed by atoms with E-state index in [4.69, 9.17) is 0 Å². The molecule has 2 aliphatic heterocycles. The van der Waals surface area contributed by atoms with Crippen molar-refractivity contribution in [3.05, 3.63) is 0 Å². The van der Waals surface area contributed by atoms with Gasteiger partial charge in [-0.1, -0.05) is 0 Å². The van der Waals surface area contributed by atoms with Gasteiger partial charge in [-0.3, -0.25) is 4.79 Å². The molecule has 2 saturated heterocycles. The van der Waals surface area contributed by atoms with E-state index in [1.165, 1.54) is 0 Å². The van der Waals surface area contributed by atoms with Crippen LogP contribution in [-0.4, -0.2) is 43.2 Å². The topological polar surface area (TPSA) is 32.3 Å². The Kier molecular flexibility index (Phi) is 3.57. The van der Waals surface area contributed by atoms with Crippen LogP contribution in [0.1, 0.15) is 25.7 Å². The molecule has 3 nitrogen and oxygen atoms in total. The Bertz CT molecular complexity index is 229. The maximum atomic E-state index is 13.2. The van der Waals surface area contributed by atoms with Crippen molar-refractivity contribution in [3.8, 4) is 0 Å². The number of likely N-dealkylation sites (tertiary alicyclic amines) is 1. The molecule has 0 radical (unpaired) electrons. The fourth-order valence-corrected chi connectivity index (χ4v) is 2.45. The lowest BCUT2D eigenvalue weighted by atomic mass is 9.97. The van der Waals surface area contributed by atoms with E-state index in [0.717, 1.165) is 38.9 Å². The Hall–Kier alpha value is -0.640. The van der Waals surface area contributed by atoms with Gasteiger partial charge in [0.05, 0.1) is 12.5 Å². The molecule has 4 heteroatoms. The molecule has 0 saturated carbocycles. The van der Waals surface area contributed by atoms with Crippen molar-refractivity contribution in [1.82, 2.24) is 10.2 Å². The van der Waals surface area contributed by atoms with Crippen LogP contribution in [0.15, 0.2) is 0 Å². The minimum Gasteiger partial charge on any atom is -0.340 e. The van der Waals surface area contributed by atoms with Crippen LogP contribution < -0.4 is 5.32 Å². The average Bonchev–Trinajstić information content (AvgIpc) is 2.29. The van der Waals surface area contributed by atoms with Crippen molar-refractivity contribution in [2.24, 2.45) is 5.92 Å². The van der Waals surface area contributed by atoms with Crippen molar-refractivity contribution in [1.29, 1.82) is 0 Å². The zero-order chi connectivity index (χ0) is 10.7. The molecule has 2 heterocycles. The van der Waals surface area contributed by atoms with E-state index < -0.39 is 6.17 Å². The van der Waals surface area contributed by atoms with Gasteiger partial charge in [-0.05, 0) is 32.2 Å². The molecule has 0 bridgehead atoms. The highest BCUT2D eigenvalue weighted by Gasteiger charge is 2.29. The summed E-state index contributed by atoms with van der Waals surface area (Å²) < 4.78 is 13.2. The molecular formula is C11H19FN2O. The first kappa shape index (κ1) is 10.9. The second-order valence-electron chi connectivity index (χ2n) is 4.57. The number of rotatable bonds is 1. The summed E-state index contributed by atoms with van der Waals surface area (Å²) in [4.78, 5) is 13.7. The van der Waals surface area contributed by atoms with Gasteiger partial charge < -0.3 is 10.2 Å². The number of piperidine rings is 2. The maximum Gasteiger partial charge on any atom is 0.227 e. The maximum absolute atomic E-state index is 13.2. The lowest BCUT2D eigenvalue weighted by Crippen LogP contribution is -2.47. The van der Waals surface area contributed by atoms with Gasteiger partial charge in [0.2, 0.25) is 5.91 Å². The minimum absolute atomic E-state index is 0.0871. The summed E-state index contributed by atoms with van der Waals surface area (Å²) in [6.45, 7) is 2.84. The standard InChI is InChI=1S/C11H19FN2O/c12-10-4-2-6-14(8-10)11(15)9-3-1-5-13-7-9/h9-10,13H,1-8H2/t9-,10-/m1/s1. The minimum atomic E-state index is -0.806. The van der Waals surface area contributed by atoms with E-state index in [0.29, 0.717) is 13.0 Å². The Morgan fingerprint density at radius 3 is 2.87 bits per heavy atom. The highest BCUT2D eigenvalue weighted by Crippen LogP contribution is 2.18. The zero-order valence-corrected chi connectivity index (χ0v) is 9.04. The molecule has 0 unspecified atom stereocenters. The molecule has 2 rings (SSSR count). The van der Waals surface area contributed by atoms with Gasteiger partial charge in [0.25, 0.3) is 0 Å². The molecule has 0 aliphatic carbocycles. The number of halogens is 1. The largest absolute Gasteiger partial charge is 0.340 e. The van der Waals surface area contributed by atoms with E-state index in [2.05, 4.69) is 5.32 Å². The van der Waals surface area contributed by atoms with E-state index in [1.54, 1.807) is 4.90 Å². The summed E-state index contributed by atoms with van der Waals surface area (Å²) in [6.07, 6.45) is 2.64. The number of nitrogens with one attached hydrogen (secondary N) is 1. The van der Waals surface area contributed by atoms with Gasteiger partial charge in [0.1, 0.15) is 6.17 Å². The van der Waals surface area contributed by atoms with Crippen molar-refractivity contribution < 1.29 is 9.18 Å². The lowest BCUT2D eigenvalue weighted by molar-refractivity contribution is -0.138. The van der Waals surface area contributed by atoms with Gasteiger partial charge >= 0.3 is 0 Å². The van der Waals surface area contributed by atoms with Crippen LogP contribution in [0.5, 0.6) is 0 Å². The van der Waals surface area contributed by atoms with Gasteiger partial charge in [0, 0.05) is 13.1 Å². The molecule has 15 heavy (non-hydrogen) atoms. The Labute approximate surface area is 90.0 Å². The summed E-state index contributed by atoms with van der Waals surface area (Å²) in [5, 5.41) is 3.22. The van der Waals surface area contributed by atoms with Crippen LogP contribution in [0.4, 0.5) is 4.39 Å². The van der Waals surface area contributed by atoms with E-state index >= 15 is 0 Å². The quantitative estimate of drug-likeness (QED) is 0.704. The molecule has 0 aromatic heterocycles. The van der Waals surface area contributed by atoms with Crippen LogP contribution in [0.2, 0.25) is 0 Å². The molecule has 0 aromatic carbocycles. The smallest absolute Gasteiger partial charge is 0.227 e. The fourth-order valence-electron chi connectivity index (χ4n) is 2.45. The first-order valence-electron chi connectivity index (χ1n) is 5.91. The van der Waals surface area contributed by atoms with E-state index in [1.807, 2.05) is 0 Å². The van der Waals surface area contributed by atoms with Crippen LogP contribution in [-0.2, 0) is 4.79 Å². The summed E-state index contributed by atoms with van der Waals surface area (Å²) in [6, 6.07) is 0. The normalized spacial score (nSPS) is 32.7. The molecule has 2 aliphatic rings. The Morgan fingerprint density at radius 2 is 2.20 bits per heavy atom. The molecule has 86 valence electrons. The second kappa shape index (κ2) is 4.92. The summed E-state index contributed by atoms with van der Waals surface area (Å²) in [5.41, 5.74) is 0. The van der Waals surface area contributed by atoms with Gasteiger partial charge in [-0.2, -0.15) is 0 Å². The van der Waals surface area contributed by atoms with Crippen LogP contribution in [0.25, 0.3) is 0 Å². The number of hydrogen-bond acceptors (Lipinski definition) is 2. The van der Waals surface area contributed by atoms with Crippen molar-refractivity contribution >= 4 is 5.91 Å². The van der Waals surface area contributed by atoms with Gasteiger partial charge in [0.15, 0.2) is 0 Å². The summed E-state index contributed by atoms with van der Waals surface area (Å²) in [5.74, 6) is 0.244. The molecular weight excluding hydrogens is 195 g/mol. The third-order valence-electron chi connectivity index (χ3n) is 3.32. The third-order valence-corrected chi connectivity index (χ3v) is 3.32. The third kappa shape index (κ3) is 2.68. The Balaban J connectivity index is 1.88. The SMILES string of the molecule is O=C([C@@H]1CCCNC1)N1CCC[C@@H](F)C1. The number of hydrogen-bond donors (Lipinski definition) is 1. The van der Waals surface area contributed by atoms with Crippen molar-refractivity contribution in [3.63, 3.8) is 0 Å². The number of nitrogens with zero attached hydrogens (tertiary/aromatic N) is 1. The van der Waals surface area contributed by atoms with Crippen LogP contribution in [0, 0.1) is 5.92 Å². The number of amides is 1. The van der Waals surface area contributed by atoms with E-state index in [-0.39, 0.29) is 11.8 Å². The first-order chi connectivity index (χ1) is 7.27. The van der Waals surface area contributed by atoms with Crippen LogP contribution in [0.3, 0.4) is 0 Å². The molecule has 1 amide bonds. The first-order valence-corrected chi connectivity index (χ1v) is 5.91. The number of carbonyl (C=O) groups excluding carboxylic acids is 1. The van der Waals surface area contributed by atoms with Crippen LogP contribution >= 0.6 is 0 Å². The Morgan fingerprint density at radius 1 is 1.33 bits per heavy atom. The van der Waals surface area contributed by atoms with Crippen molar-refractivity contribution in [2.45, 2.75) is 31.9 Å². The predicted molar refractivity (Wildman–Crippen MR) is 56.3 cm³/mol. The second-order valence-corrected chi connectivity index (χ2v) is 4.57.